The third-order valence-electron chi connectivity index (χ3n) is 5.11. The maximum atomic E-state index is 11.9. The average molecular weight is 484 g/mol. The molecular weight excluding hydrogens is 463 g/mol. The van der Waals surface area contributed by atoms with Crippen LogP contribution in [-0.2, 0) is 7.05 Å². The molecule has 9 nitrogen and oxygen atoms in total. The zero-order valence-corrected chi connectivity index (χ0v) is 19.2. The third-order valence-corrected chi connectivity index (χ3v) is 5.93. The Morgan fingerprint density at radius 3 is 2.65 bits per heavy atom. The van der Waals surface area contributed by atoms with Crippen molar-refractivity contribution in [3.8, 4) is 0 Å². The number of fused-ring (bicyclic) bond motifs is 1. The lowest BCUT2D eigenvalue weighted by Crippen LogP contribution is -2.48. The first-order valence-corrected chi connectivity index (χ1v) is 10.8. The SMILES string of the molecule is CNC(=O)N1CCCC(Nc2ncc3nc(Nc4c(Cl)cc(Cl)cc4Cl)n(C)c3n2)C1. The van der Waals surface area contributed by atoms with Crippen molar-refractivity contribution in [3.63, 3.8) is 0 Å². The Kier molecular flexibility index (Phi) is 6.27. The average Bonchev–Trinajstić information content (AvgIpc) is 3.05. The fourth-order valence-corrected chi connectivity index (χ4v) is 4.47. The normalized spacial score (nSPS) is 16.4. The molecule has 2 aromatic heterocycles. The summed E-state index contributed by atoms with van der Waals surface area (Å²) in [7, 11) is 3.47. The fourth-order valence-electron chi connectivity index (χ4n) is 3.56. The monoisotopic (exact) mass is 482 g/mol. The summed E-state index contributed by atoms with van der Waals surface area (Å²) in [6.45, 7) is 1.33. The first-order valence-electron chi connectivity index (χ1n) is 9.70. The molecule has 0 bridgehead atoms. The number of likely N-dealkylation sites (tertiary alicyclic amines) is 1. The molecular formula is C19H21Cl3N8O. The van der Waals surface area contributed by atoms with Crippen molar-refractivity contribution in [1.29, 1.82) is 0 Å². The summed E-state index contributed by atoms with van der Waals surface area (Å²) in [6, 6.07) is 3.20. The molecule has 1 aromatic carbocycles. The maximum Gasteiger partial charge on any atom is 0.317 e. The quantitative estimate of drug-likeness (QED) is 0.512. The molecule has 0 saturated carbocycles. The number of imidazole rings is 1. The van der Waals surface area contributed by atoms with Gasteiger partial charge in [0.15, 0.2) is 5.65 Å². The summed E-state index contributed by atoms with van der Waals surface area (Å²) in [5.41, 5.74) is 1.77. The number of carbonyl (C=O) groups is 1. The fraction of sp³-hybridized carbons (Fsp3) is 0.368. The van der Waals surface area contributed by atoms with Crippen molar-refractivity contribution in [2.45, 2.75) is 18.9 Å². The molecule has 1 saturated heterocycles. The smallest absolute Gasteiger partial charge is 0.317 e. The molecule has 3 aromatic rings. The predicted octanol–water partition coefficient (Wildman–Crippen LogP) is 4.28. The molecule has 1 unspecified atom stereocenters. The largest absolute Gasteiger partial charge is 0.350 e. The molecule has 0 aliphatic carbocycles. The van der Waals surface area contributed by atoms with E-state index in [2.05, 4.69) is 30.9 Å². The number of benzene rings is 1. The number of anilines is 3. The van der Waals surface area contributed by atoms with E-state index < -0.39 is 0 Å². The summed E-state index contributed by atoms with van der Waals surface area (Å²) in [4.78, 5) is 27.2. The van der Waals surface area contributed by atoms with Gasteiger partial charge in [0.05, 0.1) is 21.9 Å². The lowest BCUT2D eigenvalue weighted by atomic mass is 10.1. The number of hydrogen-bond acceptors (Lipinski definition) is 6. The highest BCUT2D eigenvalue weighted by Gasteiger charge is 2.24. The van der Waals surface area contributed by atoms with Crippen LogP contribution in [0.25, 0.3) is 11.2 Å². The van der Waals surface area contributed by atoms with E-state index in [9.17, 15) is 4.79 Å². The second-order valence-corrected chi connectivity index (χ2v) is 8.50. The van der Waals surface area contributed by atoms with Crippen LogP contribution in [0.3, 0.4) is 0 Å². The van der Waals surface area contributed by atoms with Gasteiger partial charge in [-0.25, -0.2) is 14.8 Å². The van der Waals surface area contributed by atoms with Gasteiger partial charge in [0.2, 0.25) is 11.9 Å². The van der Waals surface area contributed by atoms with Crippen molar-refractivity contribution >= 4 is 69.6 Å². The number of piperidine rings is 1. The van der Waals surface area contributed by atoms with Crippen LogP contribution in [0.2, 0.25) is 15.1 Å². The Morgan fingerprint density at radius 1 is 1.19 bits per heavy atom. The summed E-state index contributed by atoms with van der Waals surface area (Å²) in [5.74, 6) is 0.990. The standard InChI is InChI=1S/C19H21Cl3N8O/c1-23-19(31)30-5-3-4-11(9-30)25-17-24-8-14-16(28-17)29(2)18(26-14)27-15-12(21)6-10(20)7-13(15)22/h6-8,11H,3-5,9H2,1-2H3,(H,23,31)(H,26,27)(H,24,25,28). The highest BCUT2D eigenvalue weighted by Crippen LogP contribution is 2.35. The summed E-state index contributed by atoms with van der Waals surface area (Å²) >= 11 is 18.5. The molecule has 31 heavy (non-hydrogen) atoms. The second kappa shape index (κ2) is 8.94. The minimum absolute atomic E-state index is 0.0704. The summed E-state index contributed by atoms with van der Waals surface area (Å²) in [5, 5.41) is 10.4. The van der Waals surface area contributed by atoms with Gasteiger partial charge in [0.25, 0.3) is 0 Å². The van der Waals surface area contributed by atoms with Gasteiger partial charge in [-0.05, 0) is 25.0 Å². The van der Waals surface area contributed by atoms with Crippen molar-refractivity contribution < 1.29 is 4.79 Å². The van der Waals surface area contributed by atoms with E-state index in [1.165, 1.54) is 0 Å². The van der Waals surface area contributed by atoms with E-state index in [4.69, 9.17) is 34.8 Å². The Hall–Kier alpha value is -2.49. The van der Waals surface area contributed by atoms with Crippen molar-refractivity contribution in [2.75, 3.05) is 30.8 Å². The van der Waals surface area contributed by atoms with E-state index in [1.54, 1.807) is 34.8 Å². The zero-order chi connectivity index (χ0) is 22.1. The second-order valence-electron chi connectivity index (χ2n) is 7.25. The number of halogens is 3. The number of carbonyl (C=O) groups excluding carboxylic acids is 1. The van der Waals surface area contributed by atoms with E-state index in [0.29, 0.717) is 50.4 Å². The van der Waals surface area contributed by atoms with Gasteiger partial charge >= 0.3 is 6.03 Å². The lowest BCUT2D eigenvalue weighted by Gasteiger charge is -2.32. The lowest BCUT2D eigenvalue weighted by molar-refractivity contribution is 0.184. The Bertz CT molecular complexity index is 1110. The van der Waals surface area contributed by atoms with E-state index in [-0.39, 0.29) is 12.1 Å². The van der Waals surface area contributed by atoms with Gasteiger partial charge in [-0.3, -0.25) is 4.57 Å². The van der Waals surface area contributed by atoms with Crippen LogP contribution in [0.15, 0.2) is 18.3 Å². The number of nitrogens with zero attached hydrogens (tertiary/aromatic N) is 5. The minimum Gasteiger partial charge on any atom is -0.350 e. The Morgan fingerprint density at radius 2 is 1.94 bits per heavy atom. The predicted molar refractivity (Wildman–Crippen MR) is 124 cm³/mol. The van der Waals surface area contributed by atoms with Crippen LogP contribution in [0, 0.1) is 0 Å². The number of urea groups is 1. The van der Waals surface area contributed by atoms with Gasteiger partial charge in [-0.1, -0.05) is 34.8 Å². The highest BCUT2D eigenvalue weighted by molar-refractivity contribution is 6.41. The first-order chi connectivity index (χ1) is 14.9. The Balaban J connectivity index is 1.55. The van der Waals surface area contributed by atoms with Crippen LogP contribution in [0.5, 0.6) is 0 Å². The molecule has 0 spiro atoms. The molecule has 1 aliphatic rings. The van der Waals surface area contributed by atoms with E-state index in [1.807, 2.05) is 7.05 Å². The molecule has 1 fully saturated rings. The van der Waals surface area contributed by atoms with Crippen molar-refractivity contribution in [3.05, 3.63) is 33.4 Å². The molecule has 0 radical (unpaired) electrons. The molecule has 3 N–H and O–H groups in total. The molecule has 1 atom stereocenters. The number of nitrogens with one attached hydrogen (secondary N) is 3. The topological polar surface area (TPSA) is 100 Å². The molecule has 164 valence electrons. The van der Waals surface area contributed by atoms with Gasteiger partial charge < -0.3 is 20.9 Å². The highest BCUT2D eigenvalue weighted by atomic mass is 35.5. The van der Waals surface area contributed by atoms with Crippen molar-refractivity contribution in [1.82, 2.24) is 29.7 Å². The van der Waals surface area contributed by atoms with Crippen LogP contribution < -0.4 is 16.0 Å². The number of aryl methyl sites for hydroxylation is 1. The van der Waals surface area contributed by atoms with Crippen LogP contribution >= 0.6 is 34.8 Å². The number of rotatable bonds is 4. The molecule has 3 heterocycles. The van der Waals surface area contributed by atoms with E-state index in [0.717, 1.165) is 19.4 Å². The molecule has 2 amide bonds. The first kappa shape index (κ1) is 21.7. The van der Waals surface area contributed by atoms with Crippen LogP contribution in [0.1, 0.15) is 12.8 Å². The summed E-state index contributed by atoms with van der Waals surface area (Å²) < 4.78 is 1.79. The van der Waals surface area contributed by atoms with Crippen molar-refractivity contribution in [2.24, 2.45) is 7.05 Å². The maximum absolute atomic E-state index is 11.9. The van der Waals surface area contributed by atoms with Crippen LogP contribution in [0.4, 0.5) is 22.4 Å². The zero-order valence-electron chi connectivity index (χ0n) is 16.9. The number of aromatic nitrogens is 4. The Labute approximate surface area is 194 Å². The molecule has 1 aliphatic heterocycles. The van der Waals surface area contributed by atoms with Crippen LogP contribution in [-0.4, -0.2) is 56.6 Å². The molecule has 12 heteroatoms. The summed E-state index contributed by atoms with van der Waals surface area (Å²) in [6.07, 6.45) is 3.50. The number of hydrogen-bond donors (Lipinski definition) is 3. The van der Waals surface area contributed by atoms with E-state index >= 15 is 0 Å². The van der Waals surface area contributed by atoms with Gasteiger partial charge in [0, 0.05) is 38.2 Å². The molecule has 4 rings (SSSR count). The number of amides is 2. The van der Waals surface area contributed by atoms with Gasteiger partial charge in [-0.2, -0.15) is 4.98 Å². The van der Waals surface area contributed by atoms with Gasteiger partial charge in [0.1, 0.15) is 5.52 Å². The third kappa shape index (κ3) is 4.58. The minimum atomic E-state index is -0.0789. The van der Waals surface area contributed by atoms with Gasteiger partial charge in [-0.15, -0.1) is 0 Å².